The van der Waals surface area contributed by atoms with Crippen molar-refractivity contribution in [2.45, 2.75) is 6.92 Å². The minimum Gasteiger partial charge on any atom is -0.545 e. The summed E-state index contributed by atoms with van der Waals surface area (Å²) in [7, 11) is 1.80. The molecule has 0 aliphatic carbocycles. The minimum absolute atomic E-state index is 0.315. The van der Waals surface area contributed by atoms with Crippen molar-refractivity contribution < 1.29 is 34.1 Å². The number of carbonyl (C=O) groups is 4. The molecular formula is C24H18N2O7-2. The summed E-state index contributed by atoms with van der Waals surface area (Å²) >= 11 is 0. The SMILES string of the molecule is CNc1ccc(Oc2ccc(NC(=O)c3cc(C(C)=O)c(C(=O)[O-])cc3C(=O)[O-])cc2)cc1. The van der Waals surface area contributed by atoms with E-state index < -0.39 is 40.3 Å². The Kier molecular flexibility index (Phi) is 6.73. The van der Waals surface area contributed by atoms with Crippen molar-refractivity contribution in [3.05, 3.63) is 82.9 Å². The van der Waals surface area contributed by atoms with E-state index in [0.717, 1.165) is 18.7 Å². The third-order valence-corrected chi connectivity index (χ3v) is 4.71. The molecule has 33 heavy (non-hydrogen) atoms. The molecule has 0 heterocycles. The molecule has 168 valence electrons. The van der Waals surface area contributed by atoms with Crippen LogP contribution < -0.4 is 25.6 Å². The Labute approximate surface area is 188 Å². The Morgan fingerprint density at radius 2 is 1.15 bits per heavy atom. The van der Waals surface area contributed by atoms with Crippen LogP contribution in [0, 0.1) is 0 Å². The average molecular weight is 446 g/mol. The van der Waals surface area contributed by atoms with E-state index in [0.29, 0.717) is 23.3 Å². The minimum atomic E-state index is -1.77. The van der Waals surface area contributed by atoms with Crippen LogP contribution in [-0.2, 0) is 0 Å². The lowest BCUT2D eigenvalue weighted by Gasteiger charge is -2.16. The third-order valence-electron chi connectivity index (χ3n) is 4.71. The molecule has 0 aliphatic heterocycles. The van der Waals surface area contributed by atoms with Gasteiger partial charge in [0.1, 0.15) is 11.5 Å². The summed E-state index contributed by atoms with van der Waals surface area (Å²) in [5.41, 5.74) is -0.843. The highest BCUT2D eigenvalue weighted by molar-refractivity contribution is 6.14. The first kappa shape index (κ1) is 23.0. The normalized spacial score (nSPS) is 10.2. The van der Waals surface area contributed by atoms with Crippen molar-refractivity contribution in [2.24, 2.45) is 0 Å². The van der Waals surface area contributed by atoms with Crippen molar-refractivity contribution in [2.75, 3.05) is 17.7 Å². The molecule has 9 nitrogen and oxygen atoms in total. The molecule has 0 saturated carbocycles. The average Bonchev–Trinajstić information content (AvgIpc) is 2.79. The lowest BCUT2D eigenvalue weighted by molar-refractivity contribution is -0.255. The molecule has 1 amide bonds. The van der Waals surface area contributed by atoms with Crippen LogP contribution in [0.25, 0.3) is 0 Å². The van der Waals surface area contributed by atoms with Crippen molar-refractivity contribution in [1.82, 2.24) is 0 Å². The van der Waals surface area contributed by atoms with Crippen LogP contribution in [0.4, 0.5) is 11.4 Å². The number of aromatic carboxylic acids is 2. The zero-order chi connectivity index (χ0) is 24.1. The zero-order valence-corrected chi connectivity index (χ0v) is 17.6. The number of Topliss-reactive ketones (excluding diaryl/α,β-unsaturated/α-hetero) is 1. The molecule has 0 bridgehead atoms. The van der Waals surface area contributed by atoms with E-state index in [1.807, 2.05) is 12.1 Å². The molecule has 0 aliphatic rings. The first-order chi connectivity index (χ1) is 15.7. The maximum Gasteiger partial charge on any atom is 0.256 e. The highest BCUT2D eigenvalue weighted by Gasteiger charge is 2.19. The largest absolute Gasteiger partial charge is 0.545 e. The number of benzene rings is 3. The van der Waals surface area contributed by atoms with Gasteiger partial charge in [0.25, 0.3) is 5.91 Å². The molecule has 3 aromatic rings. The summed E-state index contributed by atoms with van der Waals surface area (Å²) in [4.78, 5) is 47.3. The Bertz CT molecular complexity index is 1230. The molecule has 0 radical (unpaired) electrons. The van der Waals surface area contributed by atoms with Gasteiger partial charge in [-0.15, -0.1) is 0 Å². The van der Waals surface area contributed by atoms with Gasteiger partial charge >= 0.3 is 0 Å². The highest BCUT2D eigenvalue weighted by Crippen LogP contribution is 2.25. The van der Waals surface area contributed by atoms with Gasteiger partial charge in [-0.3, -0.25) is 9.59 Å². The van der Waals surface area contributed by atoms with Crippen LogP contribution in [-0.4, -0.2) is 30.7 Å². The Balaban J connectivity index is 1.83. The van der Waals surface area contributed by atoms with E-state index in [4.69, 9.17) is 4.74 Å². The molecule has 2 N–H and O–H groups in total. The van der Waals surface area contributed by atoms with E-state index in [1.165, 1.54) is 12.1 Å². The fraction of sp³-hybridized carbons (Fsp3) is 0.0833. The quantitative estimate of drug-likeness (QED) is 0.497. The second-order valence-corrected chi connectivity index (χ2v) is 6.93. The van der Waals surface area contributed by atoms with Crippen molar-refractivity contribution in [1.29, 1.82) is 0 Å². The number of carboxylic acids is 2. The molecular weight excluding hydrogens is 428 g/mol. The van der Waals surface area contributed by atoms with Gasteiger partial charge in [-0.2, -0.15) is 0 Å². The lowest BCUT2D eigenvalue weighted by atomic mass is 9.95. The summed E-state index contributed by atoms with van der Waals surface area (Å²) in [6.07, 6.45) is 0. The van der Waals surface area contributed by atoms with Gasteiger partial charge in [-0.05, 0) is 67.6 Å². The summed E-state index contributed by atoms with van der Waals surface area (Å²) in [6.45, 7) is 1.09. The Morgan fingerprint density at radius 3 is 1.61 bits per heavy atom. The van der Waals surface area contributed by atoms with Gasteiger partial charge in [0.2, 0.25) is 0 Å². The number of hydrogen-bond donors (Lipinski definition) is 2. The molecule has 0 spiro atoms. The predicted molar refractivity (Wildman–Crippen MR) is 116 cm³/mol. The number of carbonyl (C=O) groups excluding carboxylic acids is 4. The van der Waals surface area contributed by atoms with Gasteiger partial charge < -0.3 is 35.2 Å². The molecule has 0 fully saturated rings. The van der Waals surface area contributed by atoms with E-state index in [2.05, 4.69) is 10.6 Å². The molecule has 9 heteroatoms. The van der Waals surface area contributed by atoms with E-state index in [1.54, 1.807) is 31.3 Å². The topological polar surface area (TPSA) is 148 Å². The zero-order valence-electron chi connectivity index (χ0n) is 17.6. The Morgan fingerprint density at radius 1 is 0.697 bits per heavy atom. The number of amides is 1. The van der Waals surface area contributed by atoms with Crippen LogP contribution in [0.15, 0.2) is 60.7 Å². The fourth-order valence-electron chi connectivity index (χ4n) is 3.05. The number of nitrogens with one attached hydrogen (secondary N) is 2. The maximum atomic E-state index is 12.7. The molecule has 0 saturated heterocycles. The van der Waals surface area contributed by atoms with Crippen LogP contribution in [0.1, 0.15) is 48.4 Å². The summed E-state index contributed by atoms with van der Waals surface area (Å²) in [5, 5.41) is 28.3. The number of ketones is 1. The highest BCUT2D eigenvalue weighted by atomic mass is 16.5. The number of ether oxygens (including phenoxy) is 1. The van der Waals surface area contributed by atoms with Crippen molar-refractivity contribution in [3.63, 3.8) is 0 Å². The Hall–Kier alpha value is -4.66. The molecule has 0 unspecified atom stereocenters. The second-order valence-electron chi connectivity index (χ2n) is 6.93. The number of hydrogen-bond acceptors (Lipinski definition) is 8. The van der Waals surface area contributed by atoms with E-state index in [-0.39, 0.29) is 5.56 Å². The van der Waals surface area contributed by atoms with Crippen molar-refractivity contribution >= 4 is 35.0 Å². The standard InChI is InChI=1S/C24H20N2O7/c1-13(27)18-11-19(21(24(31)32)12-20(18)23(29)30)22(28)26-15-5-9-17(10-6-15)33-16-7-3-14(25-2)4-8-16/h3-12,25H,1-2H3,(H,26,28)(H,29,30)(H,31,32)/p-2. The molecule has 3 aromatic carbocycles. The van der Waals surface area contributed by atoms with E-state index in [9.17, 15) is 29.4 Å². The molecule has 0 aromatic heterocycles. The number of rotatable bonds is 8. The van der Waals surface area contributed by atoms with Crippen LogP contribution in [0.3, 0.4) is 0 Å². The fourth-order valence-corrected chi connectivity index (χ4v) is 3.05. The molecule has 3 rings (SSSR count). The van der Waals surface area contributed by atoms with Crippen LogP contribution in [0.2, 0.25) is 0 Å². The first-order valence-electron chi connectivity index (χ1n) is 9.68. The van der Waals surface area contributed by atoms with Gasteiger partial charge in [0, 0.05) is 40.7 Å². The first-order valence-corrected chi connectivity index (χ1v) is 9.68. The monoisotopic (exact) mass is 446 g/mol. The van der Waals surface area contributed by atoms with E-state index >= 15 is 0 Å². The summed E-state index contributed by atoms with van der Waals surface area (Å²) < 4.78 is 5.73. The smallest absolute Gasteiger partial charge is 0.256 e. The van der Waals surface area contributed by atoms with Crippen LogP contribution in [0.5, 0.6) is 11.5 Å². The van der Waals surface area contributed by atoms with Gasteiger partial charge in [0.05, 0.1) is 11.9 Å². The van der Waals surface area contributed by atoms with Gasteiger partial charge in [-0.25, -0.2) is 0 Å². The van der Waals surface area contributed by atoms with Crippen LogP contribution >= 0.6 is 0 Å². The number of anilines is 2. The third kappa shape index (κ3) is 5.34. The predicted octanol–water partition coefficient (Wildman–Crippen LogP) is 1.70. The second kappa shape index (κ2) is 9.65. The summed E-state index contributed by atoms with van der Waals surface area (Å²) in [5.74, 6) is -3.95. The molecule has 0 atom stereocenters. The number of carboxylic acid groups (broad SMARTS) is 2. The summed E-state index contributed by atoms with van der Waals surface area (Å²) in [6, 6.07) is 15.1. The van der Waals surface area contributed by atoms with Crippen molar-refractivity contribution in [3.8, 4) is 11.5 Å². The maximum absolute atomic E-state index is 12.7. The lowest BCUT2D eigenvalue weighted by Crippen LogP contribution is -2.30. The van der Waals surface area contributed by atoms with Gasteiger partial charge in [0.15, 0.2) is 5.78 Å². The van der Waals surface area contributed by atoms with Gasteiger partial charge in [-0.1, -0.05) is 0 Å².